The number of benzene rings is 1. The maximum Gasteiger partial charge on any atom is 0.251 e. The molecule has 0 saturated heterocycles. The van der Waals surface area contributed by atoms with E-state index in [4.69, 9.17) is 29.6 Å². The first-order valence-electron chi connectivity index (χ1n) is 7.47. The highest BCUT2D eigenvalue weighted by Crippen LogP contribution is 2.18. The van der Waals surface area contributed by atoms with Gasteiger partial charge < -0.3 is 10.6 Å². The highest BCUT2D eigenvalue weighted by molar-refractivity contribution is 7.71. The molecular weight excluding hydrogens is 349 g/mol. The van der Waals surface area contributed by atoms with Gasteiger partial charge in [0.15, 0.2) is 6.67 Å². The molecule has 0 aliphatic rings. The number of quaternary nitrogens is 1. The molecule has 1 unspecified atom stereocenters. The first kappa shape index (κ1) is 18.6. The topological polar surface area (TPSA) is 52.5 Å². The molecule has 24 heavy (non-hydrogen) atoms. The number of nitrogens with one attached hydrogen (secondary N) is 1. The van der Waals surface area contributed by atoms with Crippen molar-refractivity contribution in [3.8, 4) is 0 Å². The fourth-order valence-electron chi connectivity index (χ4n) is 2.75. The van der Waals surface area contributed by atoms with E-state index in [9.17, 15) is 9.18 Å². The summed E-state index contributed by atoms with van der Waals surface area (Å²) in [6, 6.07) is 6.51. The van der Waals surface area contributed by atoms with E-state index < -0.39 is 5.91 Å². The summed E-state index contributed by atoms with van der Waals surface area (Å²) in [6.45, 7) is 4.59. The molecule has 0 spiro atoms. The highest BCUT2D eigenvalue weighted by Gasteiger charge is 2.16. The molecule has 3 N–H and O–H groups in total. The number of carbonyl (C=O) groups excluding carboxylic acids is 1. The van der Waals surface area contributed by atoms with Crippen molar-refractivity contribution in [2.75, 3.05) is 7.05 Å². The zero-order valence-electron chi connectivity index (χ0n) is 13.8. The van der Waals surface area contributed by atoms with Crippen LogP contribution >= 0.6 is 23.8 Å². The highest BCUT2D eigenvalue weighted by atomic mass is 35.5. The van der Waals surface area contributed by atoms with Crippen LogP contribution in [-0.2, 0) is 13.2 Å². The van der Waals surface area contributed by atoms with Crippen LogP contribution in [0.5, 0.6) is 0 Å². The lowest BCUT2D eigenvalue weighted by Crippen LogP contribution is -3.07. The number of carbonyl (C=O) groups is 1. The normalized spacial score (nSPS) is 12.2. The summed E-state index contributed by atoms with van der Waals surface area (Å²) < 4.78 is 16.2. The van der Waals surface area contributed by atoms with Crippen LogP contribution in [0.1, 0.15) is 27.2 Å². The van der Waals surface area contributed by atoms with Crippen LogP contribution in [0.15, 0.2) is 24.3 Å². The maximum atomic E-state index is 13.9. The van der Waals surface area contributed by atoms with Crippen LogP contribution in [0, 0.1) is 24.3 Å². The van der Waals surface area contributed by atoms with Crippen LogP contribution in [0.3, 0.4) is 0 Å². The Kier molecular flexibility index (Phi) is 5.74. The monoisotopic (exact) mass is 368 g/mol. The summed E-state index contributed by atoms with van der Waals surface area (Å²) >= 11 is 11.5. The lowest BCUT2D eigenvalue weighted by molar-refractivity contribution is -0.917. The summed E-state index contributed by atoms with van der Waals surface area (Å²) in [5, 5.41) is 0.399. The van der Waals surface area contributed by atoms with E-state index in [1.165, 1.54) is 6.07 Å². The second kappa shape index (κ2) is 7.42. The van der Waals surface area contributed by atoms with Gasteiger partial charge in [-0.25, -0.2) is 4.39 Å². The average molecular weight is 369 g/mol. The zero-order valence-corrected chi connectivity index (χ0v) is 15.4. The molecule has 2 rings (SSSR count). The molecule has 2 aromatic rings. The largest absolute Gasteiger partial charge is 0.365 e. The quantitative estimate of drug-likeness (QED) is 0.796. The lowest BCUT2D eigenvalue weighted by Gasteiger charge is -2.20. The third-order valence-corrected chi connectivity index (χ3v) is 4.70. The van der Waals surface area contributed by atoms with E-state index in [-0.39, 0.29) is 5.82 Å². The second-order valence-electron chi connectivity index (χ2n) is 5.93. The number of aromatic nitrogens is 1. The van der Waals surface area contributed by atoms with Crippen LogP contribution < -0.4 is 10.6 Å². The summed E-state index contributed by atoms with van der Waals surface area (Å²) in [4.78, 5) is 12.6. The third kappa shape index (κ3) is 3.83. The van der Waals surface area contributed by atoms with Gasteiger partial charge in [-0.05, 0) is 37.6 Å². The number of rotatable bonds is 5. The third-order valence-electron chi connectivity index (χ3n) is 3.92. The minimum atomic E-state index is -0.541. The van der Waals surface area contributed by atoms with Crippen LogP contribution in [0.2, 0.25) is 5.02 Å². The van der Waals surface area contributed by atoms with E-state index in [0.717, 1.165) is 16.2 Å². The smallest absolute Gasteiger partial charge is 0.251 e. The van der Waals surface area contributed by atoms with Gasteiger partial charge in [0.2, 0.25) is 0 Å². The molecule has 1 aromatic heterocycles. The van der Waals surface area contributed by atoms with Gasteiger partial charge in [-0.1, -0.05) is 29.9 Å². The molecule has 0 bridgehead atoms. The Morgan fingerprint density at radius 2 is 2.08 bits per heavy atom. The van der Waals surface area contributed by atoms with Crippen molar-refractivity contribution < 1.29 is 14.1 Å². The van der Waals surface area contributed by atoms with Crippen molar-refractivity contribution in [1.82, 2.24) is 4.57 Å². The van der Waals surface area contributed by atoms with Crippen molar-refractivity contribution in [3.63, 3.8) is 0 Å². The fourth-order valence-corrected chi connectivity index (χ4v) is 3.45. The molecule has 1 amide bonds. The van der Waals surface area contributed by atoms with E-state index in [1.807, 2.05) is 31.5 Å². The summed E-state index contributed by atoms with van der Waals surface area (Å²) in [5.41, 5.74) is 7.93. The predicted molar refractivity (Wildman–Crippen MR) is 95.3 cm³/mol. The van der Waals surface area contributed by atoms with Crippen molar-refractivity contribution in [2.45, 2.75) is 27.1 Å². The van der Waals surface area contributed by atoms with Crippen molar-refractivity contribution in [1.29, 1.82) is 0 Å². The molecule has 0 fully saturated rings. The average Bonchev–Trinajstić information content (AvgIpc) is 2.47. The fraction of sp³-hybridized carbons (Fsp3) is 0.294. The maximum absolute atomic E-state index is 13.9. The molecule has 128 valence electrons. The van der Waals surface area contributed by atoms with Gasteiger partial charge in [0.05, 0.1) is 23.2 Å². The minimum absolute atomic E-state index is 0.330. The SMILES string of the molecule is Cc1cc(C)n(C[NH+](C)Cc2c(F)cccc2Cl)c(=S)c1C(N)=O. The minimum Gasteiger partial charge on any atom is -0.365 e. The Morgan fingerprint density at radius 3 is 2.67 bits per heavy atom. The Morgan fingerprint density at radius 1 is 1.42 bits per heavy atom. The van der Waals surface area contributed by atoms with Gasteiger partial charge in [-0.2, -0.15) is 0 Å². The number of primary amides is 1. The Labute approximate surface area is 150 Å². The van der Waals surface area contributed by atoms with Gasteiger partial charge in [0, 0.05) is 5.69 Å². The van der Waals surface area contributed by atoms with Gasteiger partial charge in [-0.15, -0.1) is 0 Å². The van der Waals surface area contributed by atoms with E-state index >= 15 is 0 Å². The molecule has 4 nitrogen and oxygen atoms in total. The first-order valence-corrected chi connectivity index (χ1v) is 8.26. The number of nitrogens with two attached hydrogens (primary N) is 1. The van der Waals surface area contributed by atoms with Crippen molar-refractivity contribution in [3.05, 3.63) is 62.1 Å². The van der Waals surface area contributed by atoms with Crippen LogP contribution in [-0.4, -0.2) is 17.5 Å². The van der Waals surface area contributed by atoms with E-state index in [2.05, 4.69) is 0 Å². The summed E-state index contributed by atoms with van der Waals surface area (Å²) in [6.07, 6.45) is 0. The van der Waals surface area contributed by atoms with Gasteiger partial charge in [0.1, 0.15) is 17.0 Å². The molecule has 1 atom stereocenters. The summed E-state index contributed by atoms with van der Waals surface area (Å²) in [7, 11) is 1.91. The molecule has 1 aromatic carbocycles. The Balaban J connectivity index is 2.33. The molecule has 0 saturated carbocycles. The lowest BCUT2D eigenvalue weighted by atomic mass is 10.1. The molecule has 7 heteroatoms. The van der Waals surface area contributed by atoms with E-state index in [1.54, 1.807) is 12.1 Å². The number of hydrogen-bond donors (Lipinski definition) is 2. The summed E-state index contributed by atoms with van der Waals surface area (Å²) in [5.74, 6) is -0.870. The van der Waals surface area contributed by atoms with E-state index in [0.29, 0.717) is 34.0 Å². The van der Waals surface area contributed by atoms with Crippen LogP contribution in [0.25, 0.3) is 0 Å². The standard InChI is InChI=1S/C17H19ClFN3OS/c1-10-7-11(2)22(17(24)15(10)16(20)23)9-21(3)8-12-13(18)5-4-6-14(12)19/h4-7H,8-9H2,1-3H3,(H2,20,23)/p+1. The molecule has 0 aliphatic heterocycles. The first-order chi connectivity index (χ1) is 11.2. The number of pyridine rings is 1. The van der Waals surface area contributed by atoms with Crippen molar-refractivity contribution in [2.24, 2.45) is 5.73 Å². The second-order valence-corrected chi connectivity index (χ2v) is 6.73. The van der Waals surface area contributed by atoms with Gasteiger partial charge >= 0.3 is 0 Å². The Hall–Kier alpha value is -1.76. The number of amides is 1. The predicted octanol–water partition coefficient (Wildman–Crippen LogP) is 2.40. The molecule has 0 radical (unpaired) electrons. The molecule has 1 heterocycles. The zero-order chi connectivity index (χ0) is 18.0. The number of hydrogen-bond acceptors (Lipinski definition) is 2. The molecule has 0 aliphatic carbocycles. The Bertz CT molecular complexity index is 830. The van der Waals surface area contributed by atoms with Gasteiger partial charge in [0.25, 0.3) is 5.91 Å². The van der Waals surface area contributed by atoms with Crippen LogP contribution in [0.4, 0.5) is 4.39 Å². The molecular formula is C17H20ClFN3OS+. The van der Waals surface area contributed by atoms with Crippen molar-refractivity contribution >= 4 is 29.7 Å². The number of halogens is 2. The van der Waals surface area contributed by atoms with Gasteiger partial charge in [-0.3, -0.25) is 9.36 Å². The number of nitrogens with zero attached hydrogens (tertiary/aromatic N) is 1. The number of aryl methyl sites for hydroxylation is 2.